The molecule has 0 aromatic carbocycles. The van der Waals surface area contributed by atoms with Crippen molar-refractivity contribution >= 4 is 11.7 Å². The average molecular weight is 265 g/mol. The highest BCUT2D eigenvalue weighted by atomic mass is 16.5. The SMILES string of the molecule is Cc1nn(CC(=O)OCc2nnn(C)n2)c(C)c1N. The number of tetrazole rings is 1. The molecule has 0 saturated heterocycles. The molecule has 2 aromatic heterocycles. The lowest BCUT2D eigenvalue weighted by Gasteiger charge is -2.04. The van der Waals surface area contributed by atoms with Gasteiger partial charge in [0.05, 0.1) is 24.1 Å². The third-order valence-corrected chi connectivity index (χ3v) is 2.63. The number of carbonyl (C=O) groups is 1. The van der Waals surface area contributed by atoms with Gasteiger partial charge in [-0.05, 0) is 19.1 Å². The Morgan fingerprint density at radius 1 is 1.37 bits per heavy atom. The van der Waals surface area contributed by atoms with E-state index in [0.717, 1.165) is 5.69 Å². The molecular formula is C10H15N7O2. The zero-order chi connectivity index (χ0) is 14.0. The molecule has 0 amide bonds. The van der Waals surface area contributed by atoms with Gasteiger partial charge in [0.2, 0.25) is 5.82 Å². The molecule has 0 spiro atoms. The molecule has 0 bridgehead atoms. The van der Waals surface area contributed by atoms with Gasteiger partial charge in [0.1, 0.15) is 6.54 Å². The maximum absolute atomic E-state index is 11.7. The summed E-state index contributed by atoms with van der Waals surface area (Å²) >= 11 is 0. The first-order valence-corrected chi connectivity index (χ1v) is 5.65. The number of esters is 1. The van der Waals surface area contributed by atoms with Gasteiger partial charge in [-0.3, -0.25) is 9.48 Å². The monoisotopic (exact) mass is 265 g/mol. The van der Waals surface area contributed by atoms with Gasteiger partial charge >= 0.3 is 5.97 Å². The number of carbonyl (C=O) groups excluding carboxylic acids is 1. The van der Waals surface area contributed by atoms with Crippen LogP contribution in [0.4, 0.5) is 5.69 Å². The van der Waals surface area contributed by atoms with Crippen LogP contribution in [0.1, 0.15) is 17.2 Å². The molecule has 0 fully saturated rings. The van der Waals surface area contributed by atoms with Crippen LogP contribution < -0.4 is 5.73 Å². The number of ether oxygens (including phenoxy) is 1. The molecule has 0 aliphatic heterocycles. The summed E-state index contributed by atoms with van der Waals surface area (Å²) in [6, 6.07) is 0. The Bertz CT molecular complexity index is 601. The van der Waals surface area contributed by atoms with Gasteiger partial charge in [-0.2, -0.15) is 9.90 Å². The summed E-state index contributed by atoms with van der Waals surface area (Å²) in [5, 5.41) is 15.4. The molecule has 0 atom stereocenters. The quantitative estimate of drug-likeness (QED) is 0.730. The van der Waals surface area contributed by atoms with Gasteiger partial charge in [-0.1, -0.05) is 0 Å². The normalized spacial score (nSPS) is 10.7. The summed E-state index contributed by atoms with van der Waals surface area (Å²) in [6.07, 6.45) is 0. The first-order chi connectivity index (χ1) is 8.97. The highest BCUT2D eigenvalue weighted by Gasteiger charge is 2.13. The van der Waals surface area contributed by atoms with E-state index in [9.17, 15) is 4.79 Å². The fourth-order valence-electron chi connectivity index (χ4n) is 1.56. The zero-order valence-corrected chi connectivity index (χ0v) is 11.0. The summed E-state index contributed by atoms with van der Waals surface area (Å²) < 4.78 is 6.54. The minimum absolute atomic E-state index is 0.00410. The molecule has 2 rings (SSSR count). The van der Waals surface area contributed by atoms with Crippen LogP contribution >= 0.6 is 0 Å². The van der Waals surface area contributed by atoms with E-state index in [4.69, 9.17) is 10.5 Å². The summed E-state index contributed by atoms with van der Waals surface area (Å²) in [5.74, 6) is -0.0817. The van der Waals surface area contributed by atoms with E-state index in [-0.39, 0.29) is 13.2 Å². The highest BCUT2D eigenvalue weighted by Crippen LogP contribution is 2.14. The minimum atomic E-state index is -0.432. The standard InChI is InChI=1S/C10H15N7O2/c1-6-10(11)7(2)17(13-6)4-9(18)19-5-8-12-15-16(3)14-8/h4-5,11H2,1-3H3. The molecular weight excluding hydrogens is 250 g/mol. The molecule has 19 heavy (non-hydrogen) atoms. The van der Waals surface area contributed by atoms with Crippen LogP contribution in [0.5, 0.6) is 0 Å². The van der Waals surface area contributed by atoms with E-state index >= 15 is 0 Å². The lowest BCUT2D eigenvalue weighted by Crippen LogP contribution is -2.16. The van der Waals surface area contributed by atoms with Crippen molar-refractivity contribution in [1.82, 2.24) is 30.0 Å². The van der Waals surface area contributed by atoms with E-state index in [2.05, 4.69) is 20.5 Å². The van der Waals surface area contributed by atoms with Crippen molar-refractivity contribution in [2.45, 2.75) is 27.0 Å². The number of rotatable bonds is 4. The summed E-state index contributed by atoms with van der Waals surface area (Å²) in [7, 11) is 1.64. The van der Waals surface area contributed by atoms with E-state index in [1.54, 1.807) is 20.9 Å². The largest absolute Gasteiger partial charge is 0.456 e. The molecule has 0 aliphatic rings. The second-order valence-electron chi connectivity index (χ2n) is 4.10. The zero-order valence-electron chi connectivity index (χ0n) is 11.0. The number of nitrogens with two attached hydrogens (primary N) is 1. The summed E-state index contributed by atoms with van der Waals surface area (Å²) in [6.45, 7) is 3.58. The number of hydrogen-bond donors (Lipinski definition) is 1. The van der Waals surface area contributed by atoms with Gasteiger partial charge in [-0.15, -0.1) is 10.2 Å². The number of aromatic nitrogens is 6. The third-order valence-electron chi connectivity index (χ3n) is 2.63. The van der Waals surface area contributed by atoms with Crippen molar-refractivity contribution in [3.8, 4) is 0 Å². The Balaban J connectivity index is 1.92. The number of aryl methyl sites for hydroxylation is 2. The third kappa shape index (κ3) is 2.87. The highest BCUT2D eigenvalue weighted by molar-refractivity contribution is 5.69. The van der Waals surface area contributed by atoms with Crippen molar-refractivity contribution in [2.75, 3.05) is 5.73 Å². The molecule has 0 saturated carbocycles. The Labute approximate surface area is 109 Å². The van der Waals surface area contributed by atoms with Crippen LogP contribution in [0.3, 0.4) is 0 Å². The van der Waals surface area contributed by atoms with Crippen LogP contribution in [0.2, 0.25) is 0 Å². The van der Waals surface area contributed by atoms with Crippen molar-refractivity contribution in [2.24, 2.45) is 7.05 Å². The second-order valence-corrected chi connectivity index (χ2v) is 4.10. The number of nitrogens with zero attached hydrogens (tertiary/aromatic N) is 6. The number of nitrogen functional groups attached to an aromatic ring is 1. The van der Waals surface area contributed by atoms with Crippen molar-refractivity contribution in [3.05, 3.63) is 17.2 Å². The van der Waals surface area contributed by atoms with Crippen LogP contribution in [-0.2, 0) is 29.7 Å². The molecule has 2 aromatic rings. The number of hydrogen-bond acceptors (Lipinski definition) is 7. The van der Waals surface area contributed by atoms with Crippen LogP contribution in [-0.4, -0.2) is 36.0 Å². The molecule has 0 aliphatic carbocycles. The lowest BCUT2D eigenvalue weighted by atomic mass is 10.3. The topological polar surface area (TPSA) is 114 Å². The van der Waals surface area contributed by atoms with E-state index in [1.807, 2.05) is 0 Å². The van der Waals surface area contributed by atoms with Crippen molar-refractivity contribution in [3.63, 3.8) is 0 Å². The average Bonchev–Trinajstić information content (AvgIpc) is 2.88. The Morgan fingerprint density at radius 3 is 2.63 bits per heavy atom. The predicted octanol–water partition coefficient (Wildman–Crippen LogP) is -0.651. The molecule has 0 radical (unpaired) electrons. The van der Waals surface area contributed by atoms with Crippen molar-refractivity contribution < 1.29 is 9.53 Å². The van der Waals surface area contributed by atoms with Gasteiger partial charge < -0.3 is 10.5 Å². The predicted molar refractivity (Wildman–Crippen MR) is 64.7 cm³/mol. The summed E-state index contributed by atoms with van der Waals surface area (Å²) in [4.78, 5) is 13.0. The Kier molecular flexibility index (Phi) is 3.45. The maximum Gasteiger partial charge on any atom is 0.328 e. The fourth-order valence-corrected chi connectivity index (χ4v) is 1.56. The van der Waals surface area contributed by atoms with Gasteiger partial charge in [0.15, 0.2) is 6.61 Å². The molecule has 0 unspecified atom stereocenters. The van der Waals surface area contributed by atoms with E-state index in [1.165, 1.54) is 9.48 Å². The molecule has 9 nitrogen and oxygen atoms in total. The molecule has 2 N–H and O–H groups in total. The molecule has 9 heteroatoms. The van der Waals surface area contributed by atoms with Gasteiger partial charge in [0, 0.05) is 0 Å². The van der Waals surface area contributed by atoms with Gasteiger partial charge in [0.25, 0.3) is 0 Å². The van der Waals surface area contributed by atoms with Crippen LogP contribution in [0, 0.1) is 13.8 Å². The van der Waals surface area contributed by atoms with Crippen LogP contribution in [0.25, 0.3) is 0 Å². The molecule has 102 valence electrons. The Morgan fingerprint density at radius 2 is 2.11 bits per heavy atom. The summed E-state index contributed by atoms with van der Waals surface area (Å²) in [5.41, 5.74) is 7.80. The first kappa shape index (κ1) is 13.0. The maximum atomic E-state index is 11.7. The second kappa shape index (κ2) is 5.04. The Hall–Kier alpha value is -2.45. The van der Waals surface area contributed by atoms with E-state index < -0.39 is 5.97 Å². The lowest BCUT2D eigenvalue weighted by molar-refractivity contribution is -0.146. The van der Waals surface area contributed by atoms with E-state index in [0.29, 0.717) is 17.2 Å². The number of anilines is 1. The minimum Gasteiger partial charge on any atom is -0.456 e. The van der Waals surface area contributed by atoms with Gasteiger partial charge in [-0.25, -0.2) is 0 Å². The molecule has 2 heterocycles. The van der Waals surface area contributed by atoms with Crippen LogP contribution in [0.15, 0.2) is 0 Å². The van der Waals surface area contributed by atoms with Crippen molar-refractivity contribution in [1.29, 1.82) is 0 Å². The fraction of sp³-hybridized carbons (Fsp3) is 0.500. The smallest absolute Gasteiger partial charge is 0.328 e. The first-order valence-electron chi connectivity index (χ1n) is 5.65.